The van der Waals surface area contributed by atoms with Gasteiger partial charge in [0.1, 0.15) is 0 Å². The van der Waals surface area contributed by atoms with Crippen molar-refractivity contribution in [3.05, 3.63) is 99.1 Å². The van der Waals surface area contributed by atoms with E-state index >= 15 is 0 Å². The predicted molar refractivity (Wildman–Crippen MR) is 133 cm³/mol. The Morgan fingerprint density at radius 3 is 2.54 bits per heavy atom. The number of aryl methyl sites for hydroxylation is 2. The highest BCUT2D eigenvalue weighted by atomic mass is 35.5. The van der Waals surface area contributed by atoms with Crippen LogP contribution in [0.25, 0.3) is 11.1 Å². The third kappa shape index (κ3) is 5.44. The van der Waals surface area contributed by atoms with Gasteiger partial charge in [-0.05, 0) is 53.9 Å². The number of nitrogens with zero attached hydrogens (tertiary/aromatic N) is 5. The molecule has 0 aliphatic carbocycles. The average molecular weight is 513 g/mol. The lowest BCUT2D eigenvalue weighted by molar-refractivity contribution is 0.0785. The van der Waals surface area contributed by atoms with Crippen LogP contribution < -0.4 is 5.62 Å². The van der Waals surface area contributed by atoms with Crippen molar-refractivity contribution >= 4 is 29.1 Å². The van der Waals surface area contributed by atoms with Crippen LogP contribution in [0.4, 0.5) is 4.39 Å². The number of amides is 1. The van der Waals surface area contributed by atoms with E-state index in [1.54, 1.807) is 71.7 Å². The zero-order valence-corrected chi connectivity index (χ0v) is 20.9. The summed E-state index contributed by atoms with van der Waals surface area (Å²) >= 11 is 12.1. The highest BCUT2D eigenvalue weighted by molar-refractivity contribution is 6.42. The van der Waals surface area contributed by atoms with Crippen LogP contribution in [0, 0.1) is 18.4 Å². The van der Waals surface area contributed by atoms with E-state index in [2.05, 4.69) is 9.97 Å². The van der Waals surface area contributed by atoms with Crippen LogP contribution in [-0.4, -0.2) is 37.0 Å². The number of hydrogen-bond donors (Lipinski definition) is 1. The molecule has 35 heavy (non-hydrogen) atoms. The maximum absolute atomic E-state index is 13.5. The first-order valence-corrected chi connectivity index (χ1v) is 11.5. The molecule has 0 bridgehead atoms. The third-order valence-electron chi connectivity index (χ3n) is 5.68. The summed E-state index contributed by atoms with van der Waals surface area (Å²) in [6.07, 6.45) is 4.20. The van der Waals surface area contributed by atoms with Gasteiger partial charge in [0, 0.05) is 50.4 Å². The number of carbonyl (C=O) groups excluding carboxylic acids is 1. The SMILES string of the molecule is Cc1nc(F)ncc1-c1cc(Cn2ccn(C)c2=N)cc(C(=O)N(C)Cc2ccc(Cl)c(Cl)c2)c1. The molecule has 0 aliphatic rings. The van der Waals surface area contributed by atoms with Crippen molar-refractivity contribution in [3.8, 4) is 11.1 Å². The first-order valence-electron chi connectivity index (χ1n) is 10.7. The molecule has 0 unspecified atom stereocenters. The molecule has 1 amide bonds. The highest BCUT2D eigenvalue weighted by Crippen LogP contribution is 2.26. The van der Waals surface area contributed by atoms with Crippen molar-refractivity contribution in [2.75, 3.05) is 7.05 Å². The van der Waals surface area contributed by atoms with E-state index in [9.17, 15) is 9.18 Å². The van der Waals surface area contributed by atoms with Crippen LogP contribution in [0.15, 0.2) is 55.0 Å². The van der Waals surface area contributed by atoms with Gasteiger partial charge < -0.3 is 14.0 Å². The zero-order chi connectivity index (χ0) is 25.3. The van der Waals surface area contributed by atoms with Gasteiger partial charge in [0.15, 0.2) is 0 Å². The Bertz CT molecular complexity index is 1480. The van der Waals surface area contributed by atoms with Crippen molar-refractivity contribution < 1.29 is 9.18 Å². The Kier molecular flexibility index (Phi) is 7.05. The van der Waals surface area contributed by atoms with Crippen LogP contribution in [0.1, 0.15) is 27.2 Å². The second-order valence-electron chi connectivity index (χ2n) is 8.33. The molecule has 2 aromatic carbocycles. The average Bonchev–Trinajstić information content (AvgIpc) is 3.12. The molecule has 0 aliphatic heterocycles. The largest absolute Gasteiger partial charge is 0.337 e. The fourth-order valence-corrected chi connectivity index (χ4v) is 4.16. The minimum Gasteiger partial charge on any atom is -0.337 e. The molecule has 180 valence electrons. The zero-order valence-electron chi connectivity index (χ0n) is 19.4. The molecule has 10 heteroatoms. The van der Waals surface area contributed by atoms with Gasteiger partial charge >= 0.3 is 6.08 Å². The van der Waals surface area contributed by atoms with E-state index in [1.807, 2.05) is 12.1 Å². The van der Waals surface area contributed by atoms with Crippen molar-refractivity contribution in [3.63, 3.8) is 0 Å². The van der Waals surface area contributed by atoms with E-state index in [1.165, 1.54) is 6.20 Å². The van der Waals surface area contributed by atoms with Gasteiger partial charge in [-0.3, -0.25) is 10.2 Å². The second-order valence-corrected chi connectivity index (χ2v) is 9.14. The van der Waals surface area contributed by atoms with E-state index < -0.39 is 6.08 Å². The number of imidazole rings is 1. The summed E-state index contributed by atoms with van der Waals surface area (Å²) in [6, 6.07) is 10.7. The summed E-state index contributed by atoms with van der Waals surface area (Å²) in [4.78, 5) is 22.5. The first kappa shape index (κ1) is 24.6. The number of halogens is 3. The molecule has 0 spiro atoms. The summed E-state index contributed by atoms with van der Waals surface area (Å²) in [7, 11) is 3.50. The Labute approximate surface area is 211 Å². The Balaban J connectivity index is 1.72. The lowest BCUT2D eigenvalue weighted by Crippen LogP contribution is -2.26. The molecule has 4 aromatic rings. The molecule has 0 fully saturated rings. The van der Waals surface area contributed by atoms with Gasteiger partial charge in [0.05, 0.1) is 22.3 Å². The second kappa shape index (κ2) is 10.0. The Hall–Kier alpha value is -3.49. The minimum atomic E-state index is -0.807. The van der Waals surface area contributed by atoms with Crippen LogP contribution in [0.2, 0.25) is 10.0 Å². The molecular formula is C25H23Cl2FN6O. The molecule has 2 heterocycles. The number of carbonyl (C=O) groups is 1. The fourth-order valence-electron chi connectivity index (χ4n) is 3.84. The van der Waals surface area contributed by atoms with Gasteiger partial charge in [-0.25, -0.2) is 9.97 Å². The van der Waals surface area contributed by atoms with Gasteiger partial charge in [-0.2, -0.15) is 4.39 Å². The van der Waals surface area contributed by atoms with Gasteiger partial charge in [-0.15, -0.1) is 0 Å². The molecule has 1 N–H and O–H groups in total. The molecule has 0 saturated heterocycles. The Morgan fingerprint density at radius 2 is 1.89 bits per heavy atom. The quantitative estimate of drug-likeness (QED) is 0.375. The van der Waals surface area contributed by atoms with Crippen molar-refractivity contribution in [2.24, 2.45) is 7.05 Å². The van der Waals surface area contributed by atoms with E-state index in [-0.39, 0.29) is 5.91 Å². The lowest BCUT2D eigenvalue weighted by Gasteiger charge is -2.19. The first-order chi connectivity index (χ1) is 16.6. The van der Waals surface area contributed by atoms with Crippen LogP contribution in [0.3, 0.4) is 0 Å². The number of rotatable bonds is 6. The number of nitrogens with one attached hydrogen (secondary N) is 1. The highest BCUT2D eigenvalue weighted by Gasteiger charge is 2.17. The van der Waals surface area contributed by atoms with Crippen LogP contribution in [0.5, 0.6) is 0 Å². The van der Waals surface area contributed by atoms with Crippen molar-refractivity contribution in [2.45, 2.75) is 20.0 Å². The minimum absolute atomic E-state index is 0.205. The van der Waals surface area contributed by atoms with Crippen molar-refractivity contribution in [1.82, 2.24) is 24.0 Å². The standard InChI is InChI=1S/C25H23Cl2FN6O/c1-15-20(12-30-24(28)31-15)18-8-17(14-34-7-6-32(2)25(34)29)9-19(11-18)23(35)33(3)13-16-4-5-21(26)22(27)10-16/h4-12,29H,13-14H2,1-3H3. The van der Waals surface area contributed by atoms with Crippen LogP contribution in [-0.2, 0) is 20.1 Å². The molecule has 0 saturated carbocycles. The normalized spacial score (nSPS) is 11.0. The smallest absolute Gasteiger partial charge is 0.308 e. The van der Waals surface area contributed by atoms with E-state index in [0.29, 0.717) is 51.1 Å². The lowest BCUT2D eigenvalue weighted by atomic mass is 9.99. The van der Waals surface area contributed by atoms with Gasteiger partial charge in [0.2, 0.25) is 5.62 Å². The molecule has 7 nitrogen and oxygen atoms in total. The maximum atomic E-state index is 13.5. The number of hydrogen-bond acceptors (Lipinski definition) is 4. The monoisotopic (exact) mass is 512 g/mol. The van der Waals surface area contributed by atoms with Gasteiger partial charge in [0.25, 0.3) is 5.91 Å². The maximum Gasteiger partial charge on any atom is 0.308 e. The molecule has 4 rings (SSSR count). The fraction of sp³-hybridized carbons (Fsp3) is 0.200. The number of benzene rings is 2. The Morgan fingerprint density at radius 1 is 1.11 bits per heavy atom. The summed E-state index contributed by atoms with van der Waals surface area (Å²) in [6.45, 7) is 2.40. The number of aromatic nitrogens is 4. The molecule has 0 atom stereocenters. The summed E-state index contributed by atoms with van der Waals surface area (Å²) in [5, 5.41) is 9.11. The summed E-state index contributed by atoms with van der Waals surface area (Å²) < 4.78 is 17.0. The van der Waals surface area contributed by atoms with E-state index in [4.69, 9.17) is 28.6 Å². The van der Waals surface area contributed by atoms with Crippen LogP contribution >= 0.6 is 23.2 Å². The van der Waals surface area contributed by atoms with Gasteiger partial charge in [-0.1, -0.05) is 29.3 Å². The topological polar surface area (TPSA) is 79.8 Å². The predicted octanol–water partition coefficient (Wildman–Crippen LogP) is 4.84. The molecular weight excluding hydrogens is 490 g/mol. The summed E-state index contributed by atoms with van der Waals surface area (Å²) in [5.74, 6) is -0.205. The third-order valence-corrected chi connectivity index (χ3v) is 6.42. The van der Waals surface area contributed by atoms with Crippen molar-refractivity contribution in [1.29, 1.82) is 5.41 Å². The van der Waals surface area contributed by atoms with E-state index in [0.717, 1.165) is 11.1 Å². The summed E-state index contributed by atoms with van der Waals surface area (Å²) in [5.41, 5.74) is 4.20. The molecule has 2 aromatic heterocycles. The molecule has 0 radical (unpaired) electrons.